The maximum Gasteiger partial charge on any atom is 0.00984 e. The molecule has 0 aromatic carbocycles. The molecule has 0 spiro atoms. The van der Waals surface area contributed by atoms with E-state index in [1.807, 2.05) is 0 Å². The van der Waals surface area contributed by atoms with Crippen molar-refractivity contribution in [2.45, 2.75) is 38.6 Å². The zero-order valence-electron chi connectivity index (χ0n) is 6.72. The molecule has 0 aromatic heterocycles. The summed E-state index contributed by atoms with van der Waals surface area (Å²) in [5, 5.41) is 0. The maximum atomic E-state index is 6.05. The van der Waals surface area contributed by atoms with E-state index in [4.69, 9.17) is 5.73 Å². The molecule has 2 aliphatic carbocycles. The van der Waals surface area contributed by atoms with Crippen LogP contribution < -0.4 is 5.73 Å². The monoisotopic (exact) mass is 139 g/mol. The van der Waals surface area contributed by atoms with Gasteiger partial charge in [0.25, 0.3) is 0 Å². The predicted molar refractivity (Wildman–Crippen MR) is 42.6 cm³/mol. The van der Waals surface area contributed by atoms with Gasteiger partial charge in [-0.05, 0) is 37.0 Å². The summed E-state index contributed by atoms with van der Waals surface area (Å²) in [7, 11) is 0. The van der Waals surface area contributed by atoms with Gasteiger partial charge in [-0.15, -0.1) is 0 Å². The van der Waals surface area contributed by atoms with Crippen LogP contribution in [-0.2, 0) is 0 Å². The Morgan fingerprint density at radius 1 is 1.40 bits per heavy atom. The molecule has 2 fully saturated rings. The SMILES string of the molecule is CCC[C@@H]1C[C@@H]2C[C@@H]2[C@H]1N. The number of rotatable bonds is 2. The van der Waals surface area contributed by atoms with Gasteiger partial charge in [0.1, 0.15) is 0 Å². The zero-order valence-corrected chi connectivity index (χ0v) is 6.72. The van der Waals surface area contributed by atoms with Crippen LogP contribution in [0.1, 0.15) is 32.6 Å². The fourth-order valence-corrected chi connectivity index (χ4v) is 2.59. The summed E-state index contributed by atoms with van der Waals surface area (Å²) in [5.41, 5.74) is 6.05. The molecule has 4 atom stereocenters. The Balaban J connectivity index is 1.88. The number of fused-ring (bicyclic) bond motifs is 1. The van der Waals surface area contributed by atoms with Gasteiger partial charge >= 0.3 is 0 Å². The molecule has 0 aromatic rings. The number of nitrogens with two attached hydrogens (primary N) is 1. The van der Waals surface area contributed by atoms with Crippen LogP contribution in [0.5, 0.6) is 0 Å². The second-order valence-corrected chi connectivity index (χ2v) is 4.02. The van der Waals surface area contributed by atoms with Crippen molar-refractivity contribution in [1.82, 2.24) is 0 Å². The average Bonchev–Trinajstić information content (AvgIpc) is 2.60. The van der Waals surface area contributed by atoms with Crippen molar-refractivity contribution < 1.29 is 0 Å². The van der Waals surface area contributed by atoms with Gasteiger partial charge in [0.15, 0.2) is 0 Å². The topological polar surface area (TPSA) is 26.0 Å². The lowest BCUT2D eigenvalue weighted by molar-refractivity contribution is 0.393. The molecule has 10 heavy (non-hydrogen) atoms. The molecular formula is C9H17N. The molecule has 2 rings (SSSR count). The standard InChI is InChI=1S/C9H17N/c1-2-3-6-4-7-5-8(7)9(6)10/h6-9H,2-5,10H2,1H3/t6-,7-,8+,9+/m1/s1. The van der Waals surface area contributed by atoms with Crippen LogP contribution in [0, 0.1) is 17.8 Å². The third-order valence-corrected chi connectivity index (χ3v) is 3.28. The van der Waals surface area contributed by atoms with Crippen molar-refractivity contribution in [2.24, 2.45) is 23.5 Å². The van der Waals surface area contributed by atoms with Crippen molar-refractivity contribution in [3.05, 3.63) is 0 Å². The smallest absolute Gasteiger partial charge is 0.00984 e. The molecule has 0 bridgehead atoms. The maximum absolute atomic E-state index is 6.05. The average molecular weight is 139 g/mol. The fraction of sp³-hybridized carbons (Fsp3) is 1.00. The molecule has 2 N–H and O–H groups in total. The van der Waals surface area contributed by atoms with Crippen LogP contribution in [0.25, 0.3) is 0 Å². The first-order chi connectivity index (χ1) is 4.83. The van der Waals surface area contributed by atoms with Crippen molar-refractivity contribution in [2.75, 3.05) is 0 Å². The van der Waals surface area contributed by atoms with E-state index in [0.29, 0.717) is 6.04 Å². The highest BCUT2D eigenvalue weighted by atomic mass is 14.8. The number of hydrogen-bond acceptors (Lipinski definition) is 1. The van der Waals surface area contributed by atoms with Gasteiger partial charge < -0.3 is 5.73 Å². The van der Waals surface area contributed by atoms with Crippen molar-refractivity contribution in [1.29, 1.82) is 0 Å². The Bertz CT molecular complexity index is 133. The highest BCUT2D eigenvalue weighted by Crippen LogP contribution is 2.54. The van der Waals surface area contributed by atoms with E-state index in [0.717, 1.165) is 17.8 Å². The lowest BCUT2D eigenvalue weighted by Gasteiger charge is -2.16. The summed E-state index contributed by atoms with van der Waals surface area (Å²) in [5.74, 6) is 2.87. The molecule has 0 heterocycles. The summed E-state index contributed by atoms with van der Waals surface area (Å²) in [6, 6.07) is 0.574. The Labute approximate surface area is 63.0 Å². The minimum atomic E-state index is 0.574. The van der Waals surface area contributed by atoms with Crippen LogP contribution in [0.2, 0.25) is 0 Å². The van der Waals surface area contributed by atoms with Gasteiger partial charge in [-0.3, -0.25) is 0 Å². The third-order valence-electron chi connectivity index (χ3n) is 3.28. The molecule has 2 aliphatic rings. The van der Waals surface area contributed by atoms with Crippen molar-refractivity contribution in [3.8, 4) is 0 Å². The van der Waals surface area contributed by atoms with Gasteiger partial charge in [-0.1, -0.05) is 13.3 Å². The lowest BCUT2D eigenvalue weighted by atomic mass is 9.94. The predicted octanol–water partition coefficient (Wildman–Crippen LogP) is 1.77. The molecule has 58 valence electrons. The van der Waals surface area contributed by atoms with Crippen LogP contribution in [0.4, 0.5) is 0 Å². The molecule has 0 saturated heterocycles. The van der Waals surface area contributed by atoms with Gasteiger partial charge in [0.05, 0.1) is 0 Å². The number of hydrogen-bond donors (Lipinski definition) is 1. The first-order valence-electron chi connectivity index (χ1n) is 4.58. The van der Waals surface area contributed by atoms with Crippen LogP contribution in [0.3, 0.4) is 0 Å². The quantitative estimate of drug-likeness (QED) is 0.620. The Morgan fingerprint density at radius 3 is 2.70 bits per heavy atom. The van der Waals surface area contributed by atoms with Gasteiger partial charge in [-0.2, -0.15) is 0 Å². The normalized spacial score (nSPS) is 51.0. The van der Waals surface area contributed by atoms with Gasteiger partial charge in [0, 0.05) is 6.04 Å². The third kappa shape index (κ3) is 0.878. The molecule has 0 aliphatic heterocycles. The summed E-state index contributed by atoms with van der Waals surface area (Å²) < 4.78 is 0. The minimum Gasteiger partial charge on any atom is -0.327 e. The van der Waals surface area contributed by atoms with Gasteiger partial charge in [0.2, 0.25) is 0 Å². The molecule has 2 saturated carbocycles. The van der Waals surface area contributed by atoms with E-state index in [1.165, 1.54) is 25.7 Å². The zero-order chi connectivity index (χ0) is 7.14. The van der Waals surface area contributed by atoms with Crippen molar-refractivity contribution >= 4 is 0 Å². The summed E-state index contributed by atoms with van der Waals surface area (Å²) >= 11 is 0. The minimum absolute atomic E-state index is 0.574. The van der Waals surface area contributed by atoms with Crippen molar-refractivity contribution in [3.63, 3.8) is 0 Å². The fourth-order valence-electron chi connectivity index (χ4n) is 2.59. The van der Waals surface area contributed by atoms with E-state index < -0.39 is 0 Å². The van der Waals surface area contributed by atoms with E-state index in [-0.39, 0.29) is 0 Å². The first kappa shape index (κ1) is 6.66. The molecule has 0 radical (unpaired) electrons. The summed E-state index contributed by atoms with van der Waals surface area (Å²) in [6.07, 6.45) is 5.58. The lowest BCUT2D eigenvalue weighted by Crippen LogP contribution is -2.28. The van der Waals surface area contributed by atoms with E-state index in [2.05, 4.69) is 6.92 Å². The Morgan fingerprint density at radius 2 is 2.20 bits per heavy atom. The molecule has 1 nitrogen and oxygen atoms in total. The highest BCUT2D eigenvalue weighted by molar-refractivity contribution is 5.03. The molecule has 0 unspecified atom stereocenters. The summed E-state index contributed by atoms with van der Waals surface area (Å²) in [6.45, 7) is 2.26. The Kier molecular flexibility index (Phi) is 1.48. The second kappa shape index (κ2) is 2.23. The molecule has 1 heteroatoms. The van der Waals surface area contributed by atoms with Crippen LogP contribution in [0.15, 0.2) is 0 Å². The molecular weight excluding hydrogens is 122 g/mol. The first-order valence-corrected chi connectivity index (χ1v) is 4.58. The van der Waals surface area contributed by atoms with Crippen LogP contribution >= 0.6 is 0 Å². The van der Waals surface area contributed by atoms with Gasteiger partial charge in [-0.25, -0.2) is 0 Å². The highest BCUT2D eigenvalue weighted by Gasteiger charge is 2.50. The Hall–Kier alpha value is -0.0400. The van der Waals surface area contributed by atoms with E-state index >= 15 is 0 Å². The van der Waals surface area contributed by atoms with E-state index in [1.54, 1.807) is 0 Å². The second-order valence-electron chi connectivity index (χ2n) is 4.02. The largest absolute Gasteiger partial charge is 0.327 e. The molecule has 0 amide bonds. The van der Waals surface area contributed by atoms with Crippen LogP contribution in [-0.4, -0.2) is 6.04 Å². The summed E-state index contributed by atoms with van der Waals surface area (Å²) in [4.78, 5) is 0. The van der Waals surface area contributed by atoms with E-state index in [9.17, 15) is 0 Å².